The molecule has 0 unspecified atom stereocenters. The summed E-state index contributed by atoms with van der Waals surface area (Å²) >= 11 is 0. The lowest BCUT2D eigenvalue weighted by Gasteiger charge is -2.32. The van der Waals surface area contributed by atoms with E-state index in [0.717, 1.165) is 25.8 Å². The molecule has 3 rings (SSSR count). The van der Waals surface area contributed by atoms with E-state index in [-0.39, 0.29) is 18.2 Å². The van der Waals surface area contributed by atoms with Crippen LogP contribution in [0.5, 0.6) is 0 Å². The van der Waals surface area contributed by atoms with Crippen molar-refractivity contribution in [1.29, 1.82) is 0 Å². The number of rotatable bonds is 6. The van der Waals surface area contributed by atoms with Gasteiger partial charge in [-0.2, -0.15) is 0 Å². The maximum absolute atomic E-state index is 12.6. The van der Waals surface area contributed by atoms with E-state index >= 15 is 0 Å². The van der Waals surface area contributed by atoms with Crippen molar-refractivity contribution in [3.8, 4) is 0 Å². The minimum Gasteiger partial charge on any atom is -0.462 e. The fourth-order valence-corrected chi connectivity index (χ4v) is 3.58. The van der Waals surface area contributed by atoms with Crippen molar-refractivity contribution < 1.29 is 14.3 Å². The molecule has 6 heteroatoms. The van der Waals surface area contributed by atoms with Crippen LogP contribution in [0.25, 0.3) is 0 Å². The fourth-order valence-electron chi connectivity index (χ4n) is 3.58. The van der Waals surface area contributed by atoms with Crippen molar-refractivity contribution >= 4 is 17.7 Å². The first-order valence-corrected chi connectivity index (χ1v) is 10.2. The molecule has 0 spiro atoms. The van der Waals surface area contributed by atoms with Crippen LogP contribution < -0.4 is 15.5 Å². The average Bonchev–Trinajstić information content (AvgIpc) is 2.75. The van der Waals surface area contributed by atoms with E-state index in [4.69, 9.17) is 4.74 Å². The van der Waals surface area contributed by atoms with Gasteiger partial charge < -0.3 is 10.1 Å². The number of benzene rings is 2. The van der Waals surface area contributed by atoms with Crippen LogP contribution in [0.1, 0.15) is 35.7 Å². The number of piperidine rings is 1. The van der Waals surface area contributed by atoms with Gasteiger partial charge in [-0.05, 0) is 55.9 Å². The van der Waals surface area contributed by atoms with Crippen molar-refractivity contribution in [2.75, 3.05) is 25.1 Å². The number of esters is 1. The number of hydrogen-bond donors (Lipinski definition) is 2. The van der Waals surface area contributed by atoms with Gasteiger partial charge in [0.15, 0.2) is 0 Å². The molecule has 0 aliphatic carbocycles. The maximum atomic E-state index is 12.6. The number of nitrogens with zero attached hydrogens (tertiary/aromatic N) is 1. The second kappa shape index (κ2) is 10.1. The van der Waals surface area contributed by atoms with Crippen LogP contribution in [0.3, 0.4) is 0 Å². The lowest BCUT2D eigenvalue weighted by atomic mass is 9.91. The van der Waals surface area contributed by atoms with Crippen molar-refractivity contribution in [3.05, 3.63) is 65.7 Å². The van der Waals surface area contributed by atoms with Gasteiger partial charge in [0, 0.05) is 19.3 Å². The monoisotopic (exact) mass is 395 g/mol. The van der Waals surface area contributed by atoms with Gasteiger partial charge in [-0.3, -0.25) is 10.2 Å². The van der Waals surface area contributed by atoms with Crippen LogP contribution in [-0.4, -0.2) is 38.4 Å². The third-order valence-corrected chi connectivity index (χ3v) is 5.23. The molecule has 1 aliphatic heterocycles. The Bertz CT molecular complexity index is 817. The molecular weight excluding hydrogens is 366 g/mol. The van der Waals surface area contributed by atoms with E-state index in [0.29, 0.717) is 23.8 Å². The average molecular weight is 396 g/mol. The number of carbonyl (C=O) groups excluding carboxylic acids is 2. The van der Waals surface area contributed by atoms with Crippen molar-refractivity contribution in [1.82, 2.24) is 10.6 Å². The summed E-state index contributed by atoms with van der Waals surface area (Å²) in [6, 6.07) is 17.2. The highest BCUT2D eigenvalue weighted by Crippen LogP contribution is 2.19. The second-order valence-electron chi connectivity index (χ2n) is 7.37. The third kappa shape index (κ3) is 5.81. The first kappa shape index (κ1) is 20.9. The molecule has 0 aromatic heterocycles. The number of ether oxygens (including phenoxy) is 1. The normalized spacial score (nSPS) is 18.7. The topological polar surface area (TPSA) is 70.7 Å². The molecule has 1 saturated heterocycles. The summed E-state index contributed by atoms with van der Waals surface area (Å²) in [5.41, 5.74) is 2.43. The SMILES string of the molecule is CCOC(=O)c1cccc(N(C)C(=O)N[C@@H]2CC[C@@H](Cc3ccccc3)CN2)c1. The molecule has 2 amide bonds. The van der Waals surface area contributed by atoms with Crippen LogP contribution in [0.15, 0.2) is 54.6 Å². The van der Waals surface area contributed by atoms with Gasteiger partial charge in [0.2, 0.25) is 0 Å². The predicted octanol–water partition coefficient (Wildman–Crippen LogP) is 3.58. The summed E-state index contributed by atoms with van der Waals surface area (Å²) in [6.45, 7) is 2.96. The summed E-state index contributed by atoms with van der Waals surface area (Å²) in [7, 11) is 1.70. The highest BCUT2D eigenvalue weighted by atomic mass is 16.5. The smallest absolute Gasteiger partial charge is 0.338 e. The lowest BCUT2D eigenvalue weighted by molar-refractivity contribution is 0.0526. The minimum absolute atomic E-state index is 0.0507. The molecule has 1 fully saturated rings. The Labute approximate surface area is 172 Å². The minimum atomic E-state index is -0.387. The Morgan fingerprint density at radius 3 is 2.62 bits per heavy atom. The first-order valence-electron chi connectivity index (χ1n) is 10.2. The maximum Gasteiger partial charge on any atom is 0.338 e. The molecule has 6 nitrogen and oxygen atoms in total. The van der Waals surface area contributed by atoms with Gasteiger partial charge in [-0.1, -0.05) is 36.4 Å². The number of carbonyl (C=O) groups is 2. The Balaban J connectivity index is 1.50. The van der Waals surface area contributed by atoms with Crippen LogP contribution in [0, 0.1) is 5.92 Å². The number of anilines is 1. The molecule has 2 aromatic rings. The molecule has 0 saturated carbocycles. The van der Waals surface area contributed by atoms with E-state index in [1.165, 1.54) is 10.5 Å². The zero-order valence-electron chi connectivity index (χ0n) is 17.1. The molecule has 1 aliphatic rings. The molecule has 0 radical (unpaired) electrons. The second-order valence-corrected chi connectivity index (χ2v) is 7.37. The van der Waals surface area contributed by atoms with Gasteiger partial charge >= 0.3 is 12.0 Å². The van der Waals surface area contributed by atoms with Crippen LogP contribution >= 0.6 is 0 Å². The fraction of sp³-hybridized carbons (Fsp3) is 0.391. The molecule has 2 aromatic carbocycles. The molecule has 1 heterocycles. The van der Waals surface area contributed by atoms with E-state index in [1.54, 1.807) is 38.2 Å². The number of urea groups is 1. The summed E-state index contributed by atoms with van der Waals surface area (Å²) in [6.07, 6.45) is 2.95. The van der Waals surface area contributed by atoms with Crippen LogP contribution in [0.2, 0.25) is 0 Å². The van der Waals surface area contributed by atoms with Crippen molar-refractivity contribution in [2.45, 2.75) is 32.4 Å². The third-order valence-electron chi connectivity index (χ3n) is 5.23. The Hall–Kier alpha value is -2.86. The summed E-state index contributed by atoms with van der Waals surface area (Å²) in [5.74, 6) is 0.186. The van der Waals surface area contributed by atoms with E-state index in [1.807, 2.05) is 6.07 Å². The molecule has 154 valence electrons. The molecule has 29 heavy (non-hydrogen) atoms. The summed E-state index contributed by atoms with van der Waals surface area (Å²) in [5, 5.41) is 6.48. The number of amides is 2. The Morgan fingerprint density at radius 1 is 1.14 bits per heavy atom. The number of nitrogens with one attached hydrogen (secondary N) is 2. The highest BCUT2D eigenvalue weighted by molar-refractivity contribution is 5.95. The Kier molecular flexibility index (Phi) is 7.25. The Morgan fingerprint density at radius 2 is 1.93 bits per heavy atom. The standard InChI is InChI=1S/C23H29N3O3/c1-3-29-22(27)19-10-7-11-20(15-19)26(2)23(28)25-21-13-12-18(16-24-21)14-17-8-5-4-6-9-17/h4-11,15,18,21,24H,3,12-14,16H2,1-2H3,(H,25,28)/t18-,21+/m0/s1. The largest absolute Gasteiger partial charge is 0.462 e. The van der Waals surface area contributed by atoms with E-state index in [9.17, 15) is 9.59 Å². The zero-order chi connectivity index (χ0) is 20.6. The molecular formula is C23H29N3O3. The summed E-state index contributed by atoms with van der Waals surface area (Å²) in [4.78, 5) is 26.1. The van der Waals surface area contributed by atoms with E-state index in [2.05, 4.69) is 34.9 Å². The predicted molar refractivity (Wildman–Crippen MR) is 114 cm³/mol. The van der Waals surface area contributed by atoms with Crippen LogP contribution in [0.4, 0.5) is 10.5 Å². The molecule has 2 N–H and O–H groups in total. The van der Waals surface area contributed by atoms with Crippen molar-refractivity contribution in [2.24, 2.45) is 5.92 Å². The van der Waals surface area contributed by atoms with Gasteiger partial charge in [0.05, 0.1) is 18.3 Å². The van der Waals surface area contributed by atoms with E-state index < -0.39 is 0 Å². The van der Waals surface area contributed by atoms with Gasteiger partial charge in [-0.15, -0.1) is 0 Å². The highest BCUT2D eigenvalue weighted by Gasteiger charge is 2.23. The number of hydrogen-bond acceptors (Lipinski definition) is 4. The molecule has 2 atom stereocenters. The van der Waals surface area contributed by atoms with Crippen LogP contribution in [-0.2, 0) is 11.2 Å². The van der Waals surface area contributed by atoms with Crippen molar-refractivity contribution in [3.63, 3.8) is 0 Å². The lowest BCUT2D eigenvalue weighted by Crippen LogP contribution is -2.53. The van der Waals surface area contributed by atoms with Gasteiger partial charge in [-0.25, -0.2) is 9.59 Å². The molecule has 0 bridgehead atoms. The summed E-state index contributed by atoms with van der Waals surface area (Å²) < 4.78 is 5.03. The quantitative estimate of drug-likeness (QED) is 0.734. The van der Waals surface area contributed by atoms with Gasteiger partial charge in [0.25, 0.3) is 0 Å². The first-order chi connectivity index (χ1) is 14.1. The van der Waals surface area contributed by atoms with Gasteiger partial charge in [0.1, 0.15) is 0 Å². The zero-order valence-corrected chi connectivity index (χ0v) is 17.1.